The van der Waals surface area contributed by atoms with Gasteiger partial charge in [-0.3, -0.25) is 4.79 Å². The van der Waals surface area contributed by atoms with Gasteiger partial charge < -0.3 is 19.9 Å². The predicted octanol–water partition coefficient (Wildman–Crippen LogP) is -0.371. The quantitative estimate of drug-likeness (QED) is 0.557. The van der Waals surface area contributed by atoms with E-state index in [1.54, 1.807) is 0 Å². The lowest BCUT2D eigenvalue weighted by atomic mass is 10.4. The largest absolute Gasteiger partial charge is 0.480 e. The normalized spacial score (nSPS) is 22.8. The van der Waals surface area contributed by atoms with E-state index < -0.39 is 5.97 Å². The molecular formula is C10H17NO5. The maximum atomic E-state index is 11.4. The third kappa shape index (κ3) is 4.59. The number of carboxylic acid groups (broad SMARTS) is 1. The van der Waals surface area contributed by atoms with Crippen molar-refractivity contribution in [3.8, 4) is 0 Å². The summed E-state index contributed by atoms with van der Waals surface area (Å²) in [4.78, 5) is 21.5. The molecule has 0 heterocycles. The van der Waals surface area contributed by atoms with E-state index in [9.17, 15) is 9.59 Å². The van der Waals surface area contributed by atoms with E-state index in [-0.39, 0.29) is 31.1 Å². The minimum absolute atomic E-state index is 0.0422. The number of aliphatic carboxylic acids is 1. The smallest absolute Gasteiger partial charge is 0.329 e. The Morgan fingerprint density at radius 3 is 2.88 bits per heavy atom. The van der Waals surface area contributed by atoms with E-state index in [0.29, 0.717) is 13.2 Å². The molecule has 1 saturated carbocycles. The molecule has 6 nitrogen and oxygen atoms in total. The van der Waals surface area contributed by atoms with Crippen LogP contribution in [0.4, 0.5) is 0 Å². The molecule has 1 aliphatic carbocycles. The van der Waals surface area contributed by atoms with Crippen LogP contribution in [0.25, 0.3) is 0 Å². The van der Waals surface area contributed by atoms with Gasteiger partial charge in [-0.05, 0) is 13.3 Å². The summed E-state index contributed by atoms with van der Waals surface area (Å²) in [7, 11) is 0. The van der Waals surface area contributed by atoms with Gasteiger partial charge in [0.05, 0.1) is 18.6 Å². The van der Waals surface area contributed by atoms with E-state index in [1.807, 2.05) is 6.92 Å². The third-order valence-corrected chi connectivity index (χ3v) is 2.22. The van der Waals surface area contributed by atoms with Crippen LogP contribution < -0.4 is 5.32 Å². The minimum Gasteiger partial charge on any atom is -0.480 e. The number of carboxylic acids is 1. The zero-order valence-corrected chi connectivity index (χ0v) is 9.27. The van der Waals surface area contributed by atoms with Crippen molar-refractivity contribution in [1.82, 2.24) is 5.32 Å². The lowest BCUT2D eigenvalue weighted by Crippen LogP contribution is -2.30. The molecule has 0 aromatic rings. The van der Waals surface area contributed by atoms with Crippen molar-refractivity contribution in [1.29, 1.82) is 0 Å². The van der Waals surface area contributed by atoms with Gasteiger partial charge in [0.2, 0.25) is 5.91 Å². The average Bonchev–Trinajstić information content (AvgIpc) is 2.96. The van der Waals surface area contributed by atoms with Gasteiger partial charge in [-0.15, -0.1) is 0 Å². The van der Waals surface area contributed by atoms with Crippen LogP contribution in [0.3, 0.4) is 0 Å². The Labute approximate surface area is 93.9 Å². The second-order valence-corrected chi connectivity index (χ2v) is 3.57. The van der Waals surface area contributed by atoms with Crippen LogP contribution in [-0.2, 0) is 19.1 Å². The summed E-state index contributed by atoms with van der Waals surface area (Å²) in [6.07, 6.45) is 0.834. The topological polar surface area (TPSA) is 84.9 Å². The third-order valence-electron chi connectivity index (χ3n) is 2.22. The van der Waals surface area contributed by atoms with Crippen LogP contribution >= 0.6 is 0 Å². The molecule has 0 aromatic carbocycles. The lowest BCUT2D eigenvalue weighted by Gasteiger charge is -2.04. The highest BCUT2D eigenvalue weighted by Crippen LogP contribution is 2.33. The monoisotopic (exact) mass is 231 g/mol. The van der Waals surface area contributed by atoms with E-state index in [4.69, 9.17) is 14.6 Å². The Balaban J connectivity index is 1.97. The highest BCUT2D eigenvalue weighted by Gasteiger charge is 2.43. The predicted molar refractivity (Wildman–Crippen MR) is 55.0 cm³/mol. The number of amides is 1. The molecule has 92 valence electrons. The number of hydrogen-bond acceptors (Lipinski definition) is 4. The Bertz CT molecular complexity index is 256. The van der Waals surface area contributed by atoms with Crippen LogP contribution in [0, 0.1) is 5.92 Å². The van der Waals surface area contributed by atoms with Crippen LogP contribution in [0.5, 0.6) is 0 Å². The number of carbonyl (C=O) groups is 2. The number of carbonyl (C=O) groups excluding carboxylic acids is 1. The highest BCUT2D eigenvalue weighted by atomic mass is 16.5. The van der Waals surface area contributed by atoms with E-state index in [0.717, 1.165) is 6.42 Å². The molecule has 0 spiro atoms. The zero-order valence-electron chi connectivity index (χ0n) is 9.27. The molecule has 1 fully saturated rings. The van der Waals surface area contributed by atoms with Crippen LogP contribution in [-0.4, -0.2) is 49.5 Å². The van der Waals surface area contributed by atoms with Crippen molar-refractivity contribution in [3.05, 3.63) is 0 Å². The molecule has 0 aliphatic heterocycles. The van der Waals surface area contributed by atoms with Gasteiger partial charge in [-0.2, -0.15) is 0 Å². The summed E-state index contributed by atoms with van der Waals surface area (Å²) in [5, 5.41) is 11.0. The van der Waals surface area contributed by atoms with Gasteiger partial charge in [0.15, 0.2) is 0 Å². The molecule has 1 aliphatic rings. The molecule has 1 amide bonds. The van der Waals surface area contributed by atoms with E-state index in [2.05, 4.69) is 5.32 Å². The fraction of sp³-hybridized carbons (Fsp3) is 0.800. The summed E-state index contributed by atoms with van der Waals surface area (Å²) in [5.41, 5.74) is 0. The highest BCUT2D eigenvalue weighted by molar-refractivity contribution is 5.82. The van der Waals surface area contributed by atoms with Crippen molar-refractivity contribution in [2.75, 3.05) is 26.4 Å². The molecule has 1 rings (SSSR count). The number of ether oxygens (including phenoxy) is 2. The van der Waals surface area contributed by atoms with Crippen LogP contribution in [0.2, 0.25) is 0 Å². The fourth-order valence-corrected chi connectivity index (χ4v) is 1.38. The molecule has 0 saturated heterocycles. The first kappa shape index (κ1) is 12.9. The molecule has 6 heteroatoms. The molecule has 2 atom stereocenters. The molecule has 2 N–H and O–H groups in total. The lowest BCUT2D eigenvalue weighted by molar-refractivity contribution is -0.142. The van der Waals surface area contributed by atoms with Gasteiger partial charge in [-0.1, -0.05) is 0 Å². The Morgan fingerprint density at radius 2 is 2.25 bits per heavy atom. The Hall–Kier alpha value is -1.14. The second-order valence-electron chi connectivity index (χ2n) is 3.57. The first-order valence-corrected chi connectivity index (χ1v) is 5.34. The van der Waals surface area contributed by atoms with Gasteiger partial charge in [0.1, 0.15) is 6.61 Å². The first-order valence-electron chi connectivity index (χ1n) is 5.34. The maximum Gasteiger partial charge on any atom is 0.329 e. The minimum atomic E-state index is -1.01. The number of nitrogens with one attached hydrogen (secondary N) is 1. The van der Waals surface area contributed by atoms with Gasteiger partial charge in [0, 0.05) is 13.2 Å². The molecule has 16 heavy (non-hydrogen) atoms. The van der Waals surface area contributed by atoms with Crippen LogP contribution in [0.1, 0.15) is 13.3 Å². The maximum absolute atomic E-state index is 11.4. The molecule has 2 unspecified atom stereocenters. The second kappa shape index (κ2) is 6.44. The fourth-order valence-electron chi connectivity index (χ4n) is 1.38. The Kier molecular flexibility index (Phi) is 5.21. The van der Waals surface area contributed by atoms with Crippen molar-refractivity contribution in [2.24, 2.45) is 5.92 Å². The molecule has 0 aromatic heterocycles. The number of hydrogen-bond donors (Lipinski definition) is 2. The first-order chi connectivity index (χ1) is 7.65. The van der Waals surface area contributed by atoms with Crippen molar-refractivity contribution < 1.29 is 24.2 Å². The number of rotatable bonds is 8. The van der Waals surface area contributed by atoms with Gasteiger partial charge in [0.25, 0.3) is 0 Å². The van der Waals surface area contributed by atoms with Gasteiger partial charge in [-0.25, -0.2) is 4.79 Å². The van der Waals surface area contributed by atoms with Crippen molar-refractivity contribution >= 4 is 11.9 Å². The van der Waals surface area contributed by atoms with E-state index >= 15 is 0 Å². The van der Waals surface area contributed by atoms with Crippen LogP contribution in [0.15, 0.2) is 0 Å². The molecule has 0 bridgehead atoms. The summed E-state index contributed by atoms with van der Waals surface area (Å²) in [5.74, 6) is -1.10. The standard InChI is InChI=1S/C10H17NO5/c1-2-16-8-5-7(8)10(14)11-3-4-15-6-9(12)13/h7-8H,2-6H2,1H3,(H,11,14)(H,12,13). The molecular weight excluding hydrogens is 214 g/mol. The molecule has 0 radical (unpaired) electrons. The van der Waals surface area contributed by atoms with Crippen molar-refractivity contribution in [2.45, 2.75) is 19.4 Å². The summed E-state index contributed by atoms with van der Waals surface area (Å²) < 4.78 is 10.1. The summed E-state index contributed by atoms with van der Waals surface area (Å²) in [6.45, 7) is 2.73. The summed E-state index contributed by atoms with van der Waals surface area (Å²) >= 11 is 0. The van der Waals surface area contributed by atoms with E-state index in [1.165, 1.54) is 0 Å². The zero-order chi connectivity index (χ0) is 12.0. The SMILES string of the molecule is CCOC1CC1C(=O)NCCOCC(=O)O. The summed E-state index contributed by atoms with van der Waals surface area (Å²) in [6, 6.07) is 0. The average molecular weight is 231 g/mol. The van der Waals surface area contributed by atoms with Crippen molar-refractivity contribution in [3.63, 3.8) is 0 Å². The van der Waals surface area contributed by atoms with Gasteiger partial charge >= 0.3 is 5.97 Å². The Morgan fingerprint density at radius 1 is 1.50 bits per heavy atom.